The van der Waals surface area contributed by atoms with Crippen LogP contribution in [0.1, 0.15) is 5.56 Å². The van der Waals surface area contributed by atoms with Crippen molar-refractivity contribution in [1.29, 1.82) is 0 Å². The maximum absolute atomic E-state index is 5.56. The third-order valence-corrected chi connectivity index (χ3v) is 1.22. The molecule has 0 atom stereocenters. The molecule has 0 fully saturated rings. The second-order valence-electron chi connectivity index (χ2n) is 1.83. The number of nitrogens with two attached hydrogens (primary N) is 1. The highest BCUT2D eigenvalue weighted by molar-refractivity contribution is 5.62. The van der Waals surface area contributed by atoms with Gasteiger partial charge in [0.1, 0.15) is 0 Å². The first-order valence-corrected chi connectivity index (χ1v) is 2.81. The van der Waals surface area contributed by atoms with Crippen LogP contribution in [-0.4, -0.2) is 0 Å². The average Bonchev–Trinajstić information content (AvgIpc) is 1.89. The van der Waals surface area contributed by atoms with E-state index in [0.29, 0.717) is 0 Å². The predicted molar refractivity (Wildman–Crippen MR) is 40.9 cm³/mol. The molecule has 1 nitrogen and oxygen atoms in total. The Bertz CT molecular complexity index is 216. The minimum Gasteiger partial charge on any atom is -0.398 e. The predicted octanol–water partition coefficient (Wildman–Crippen LogP) is 1.91. The van der Waals surface area contributed by atoms with Crippen molar-refractivity contribution >= 4 is 11.8 Å². The van der Waals surface area contributed by atoms with E-state index in [0.717, 1.165) is 11.3 Å². The summed E-state index contributed by atoms with van der Waals surface area (Å²) in [5.41, 5.74) is 7.34. The highest BCUT2D eigenvalue weighted by Gasteiger charge is 1.87. The standard InChI is InChI=1S/C8H9N/c1-2-7-5-3-4-6-8(7)9/h2-6H,1,9H2. The summed E-state index contributed by atoms with van der Waals surface area (Å²) in [5, 5.41) is 0. The van der Waals surface area contributed by atoms with Crippen molar-refractivity contribution in [1.82, 2.24) is 0 Å². The van der Waals surface area contributed by atoms with Crippen LogP contribution in [-0.2, 0) is 0 Å². The molecule has 46 valence electrons. The SMILES string of the molecule is C=Cc1ccccc1N. The Labute approximate surface area is 54.8 Å². The van der Waals surface area contributed by atoms with E-state index in [2.05, 4.69) is 6.58 Å². The quantitative estimate of drug-likeness (QED) is 0.561. The first kappa shape index (κ1) is 5.89. The summed E-state index contributed by atoms with van der Waals surface area (Å²) in [7, 11) is 0. The van der Waals surface area contributed by atoms with Gasteiger partial charge >= 0.3 is 0 Å². The summed E-state index contributed by atoms with van der Waals surface area (Å²) in [6, 6.07) is 7.63. The third kappa shape index (κ3) is 1.11. The first-order chi connectivity index (χ1) is 4.34. The van der Waals surface area contributed by atoms with Crippen LogP contribution in [0, 0.1) is 0 Å². The van der Waals surface area contributed by atoms with E-state index in [-0.39, 0.29) is 0 Å². The smallest absolute Gasteiger partial charge is 0.0387 e. The molecule has 1 heteroatoms. The van der Waals surface area contributed by atoms with Gasteiger partial charge in [0.25, 0.3) is 0 Å². The molecule has 9 heavy (non-hydrogen) atoms. The molecule has 1 rings (SSSR count). The summed E-state index contributed by atoms with van der Waals surface area (Å²) in [6.45, 7) is 3.61. The fourth-order valence-electron chi connectivity index (χ4n) is 0.697. The van der Waals surface area contributed by atoms with Crippen molar-refractivity contribution in [2.75, 3.05) is 5.73 Å². The van der Waals surface area contributed by atoms with Crippen LogP contribution in [0.25, 0.3) is 6.08 Å². The van der Waals surface area contributed by atoms with Gasteiger partial charge in [0.05, 0.1) is 0 Å². The molecule has 1 aromatic carbocycles. The lowest BCUT2D eigenvalue weighted by Crippen LogP contribution is -1.86. The summed E-state index contributed by atoms with van der Waals surface area (Å²) < 4.78 is 0. The molecule has 1 aromatic rings. The zero-order valence-corrected chi connectivity index (χ0v) is 5.17. The number of anilines is 1. The van der Waals surface area contributed by atoms with Crippen LogP contribution >= 0.6 is 0 Å². The first-order valence-electron chi connectivity index (χ1n) is 2.81. The zero-order valence-electron chi connectivity index (χ0n) is 5.17. The molecule has 0 aliphatic rings. The molecular weight excluding hydrogens is 110 g/mol. The lowest BCUT2D eigenvalue weighted by atomic mass is 10.2. The van der Waals surface area contributed by atoms with Gasteiger partial charge in [-0.05, 0) is 11.6 Å². The van der Waals surface area contributed by atoms with E-state index in [1.54, 1.807) is 6.08 Å². The number of nitrogen functional groups attached to an aromatic ring is 1. The van der Waals surface area contributed by atoms with Crippen molar-refractivity contribution in [2.45, 2.75) is 0 Å². The van der Waals surface area contributed by atoms with Crippen molar-refractivity contribution in [2.24, 2.45) is 0 Å². The second-order valence-corrected chi connectivity index (χ2v) is 1.83. The van der Waals surface area contributed by atoms with Crippen molar-refractivity contribution in [3.8, 4) is 0 Å². The van der Waals surface area contributed by atoms with Gasteiger partial charge in [0, 0.05) is 5.69 Å². The number of hydrogen-bond donors (Lipinski definition) is 1. The summed E-state index contributed by atoms with van der Waals surface area (Å²) in [5.74, 6) is 0. The molecule has 0 aromatic heterocycles. The molecule has 0 amide bonds. The van der Waals surface area contributed by atoms with Crippen LogP contribution in [0.5, 0.6) is 0 Å². The molecule has 0 unspecified atom stereocenters. The summed E-state index contributed by atoms with van der Waals surface area (Å²) in [6.07, 6.45) is 1.75. The van der Waals surface area contributed by atoms with E-state index >= 15 is 0 Å². The highest BCUT2D eigenvalue weighted by atomic mass is 14.5. The Morgan fingerprint density at radius 3 is 2.44 bits per heavy atom. The molecule has 2 N–H and O–H groups in total. The zero-order chi connectivity index (χ0) is 6.69. The normalized spacial score (nSPS) is 8.89. The van der Waals surface area contributed by atoms with Gasteiger partial charge in [-0.2, -0.15) is 0 Å². The molecule has 0 aliphatic carbocycles. The van der Waals surface area contributed by atoms with E-state index in [4.69, 9.17) is 5.73 Å². The maximum Gasteiger partial charge on any atom is 0.0387 e. The Hall–Kier alpha value is -1.24. The molecule has 0 saturated heterocycles. The highest BCUT2D eigenvalue weighted by Crippen LogP contribution is 2.10. The van der Waals surface area contributed by atoms with Crippen LogP contribution in [0.15, 0.2) is 30.8 Å². The van der Waals surface area contributed by atoms with Gasteiger partial charge in [-0.15, -0.1) is 0 Å². The summed E-state index contributed by atoms with van der Waals surface area (Å²) in [4.78, 5) is 0. The number of benzene rings is 1. The number of hydrogen-bond acceptors (Lipinski definition) is 1. The van der Waals surface area contributed by atoms with Gasteiger partial charge in [0.2, 0.25) is 0 Å². The molecule has 0 radical (unpaired) electrons. The van der Waals surface area contributed by atoms with Crippen molar-refractivity contribution in [3.63, 3.8) is 0 Å². The Morgan fingerprint density at radius 2 is 2.00 bits per heavy atom. The van der Waals surface area contributed by atoms with Gasteiger partial charge in [-0.3, -0.25) is 0 Å². The Balaban J connectivity index is 3.15. The molecule has 0 aliphatic heterocycles. The van der Waals surface area contributed by atoms with Crippen molar-refractivity contribution in [3.05, 3.63) is 36.4 Å². The lowest BCUT2D eigenvalue weighted by Gasteiger charge is -1.95. The molecule has 0 spiro atoms. The fourth-order valence-corrected chi connectivity index (χ4v) is 0.697. The second kappa shape index (κ2) is 2.35. The maximum atomic E-state index is 5.56. The van der Waals surface area contributed by atoms with E-state index in [1.165, 1.54) is 0 Å². The Morgan fingerprint density at radius 1 is 1.33 bits per heavy atom. The van der Waals surface area contributed by atoms with Gasteiger partial charge < -0.3 is 5.73 Å². The average molecular weight is 119 g/mol. The topological polar surface area (TPSA) is 26.0 Å². The minimum atomic E-state index is 0.785. The molecular formula is C8H9N. The largest absolute Gasteiger partial charge is 0.398 e. The van der Waals surface area contributed by atoms with Crippen LogP contribution in [0.4, 0.5) is 5.69 Å². The van der Waals surface area contributed by atoms with Crippen LogP contribution in [0.3, 0.4) is 0 Å². The number of para-hydroxylation sites is 1. The van der Waals surface area contributed by atoms with E-state index in [1.807, 2.05) is 24.3 Å². The molecule has 0 heterocycles. The molecule has 0 saturated carbocycles. The third-order valence-electron chi connectivity index (χ3n) is 1.22. The van der Waals surface area contributed by atoms with Gasteiger partial charge in [0.15, 0.2) is 0 Å². The molecule has 0 bridgehead atoms. The van der Waals surface area contributed by atoms with E-state index in [9.17, 15) is 0 Å². The minimum absolute atomic E-state index is 0.785. The van der Waals surface area contributed by atoms with Gasteiger partial charge in [-0.1, -0.05) is 30.9 Å². The lowest BCUT2D eigenvalue weighted by molar-refractivity contribution is 1.64. The van der Waals surface area contributed by atoms with E-state index < -0.39 is 0 Å². The number of rotatable bonds is 1. The summed E-state index contributed by atoms with van der Waals surface area (Å²) >= 11 is 0. The Kier molecular flexibility index (Phi) is 1.54. The fraction of sp³-hybridized carbons (Fsp3) is 0. The van der Waals surface area contributed by atoms with Crippen LogP contribution < -0.4 is 5.73 Å². The monoisotopic (exact) mass is 119 g/mol. The van der Waals surface area contributed by atoms with Gasteiger partial charge in [-0.25, -0.2) is 0 Å². The van der Waals surface area contributed by atoms with Crippen molar-refractivity contribution < 1.29 is 0 Å². The van der Waals surface area contributed by atoms with Crippen LogP contribution in [0.2, 0.25) is 0 Å².